The highest BCUT2D eigenvalue weighted by Crippen LogP contribution is 2.29. The number of rotatable bonds is 4. The van der Waals surface area contributed by atoms with Crippen LogP contribution in [0.4, 0.5) is 0 Å². The summed E-state index contributed by atoms with van der Waals surface area (Å²) in [4.78, 5) is 17.6. The summed E-state index contributed by atoms with van der Waals surface area (Å²) in [6.07, 6.45) is 0. The van der Waals surface area contributed by atoms with Gasteiger partial charge in [0.1, 0.15) is 0 Å². The second kappa shape index (κ2) is 7.27. The van der Waals surface area contributed by atoms with Gasteiger partial charge in [-0.15, -0.1) is 0 Å². The Kier molecular flexibility index (Phi) is 4.65. The van der Waals surface area contributed by atoms with Crippen LogP contribution < -0.4 is 0 Å². The molecule has 0 N–H and O–H groups in total. The van der Waals surface area contributed by atoms with E-state index in [-0.39, 0.29) is 5.97 Å². The third-order valence-corrected chi connectivity index (χ3v) is 4.66. The Morgan fingerprint density at radius 2 is 1.75 bits per heavy atom. The van der Waals surface area contributed by atoms with E-state index in [2.05, 4.69) is 5.10 Å². The Morgan fingerprint density at radius 3 is 2.43 bits per heavy atom. The number of pyridine rings is 1. The van der Waals surface area contributed by atoms with Crippen LogP contribution in [-0.4, -0.2) is 27.3 Å². The van der Waals surface area contributed by atoms with Crippen LogP contribution >= 0.6 is 0 Å². The van der Waals surface area contributed by atoms with E-state index in [9.17, 15) is 4.79 Å². The summed E-state index contributed by atoms with van der Waals surface area (Å²) in [6.45, 7) is 6.05. The first-order chi connectivity index (χ1) is 13.6. The number of carbonyl (C=O) groups excluding carboxylic acids is 1. The molecule has 0 saturated carbocycles. The average Bonchev–Trinajstić information content (AvgIpc) is 3.05. The van der Waals surface area contributed by atoms with Gasteiger partial charge < -0.3 is 4.74 Å². The zero-order chi connectivity index (χ0) is 19.7. The molecule has 2 aromatic carbocycles. The van der Waals surface area contributed by atoms with E-state index in [1.807, 2.05) is 68.4 Å². The maximum Gasteiger partial charge on any atom is 0.339 e. The normalized spacial score (nSPS) is 11.0. The molecule has 0 radical (unpaired) electrons. The number of aromatic nitrogens is 3. The lowest BCUT2D eigenvalue weighted by molar-refractivity contribution is 0.0528. The molecule has 140 valence electrons. The van der Waals surface area contributed by atoms with E-state index < -0.39 is 0 Å². The average molecular weight is 371 g/mol. The fourth-order valence-electron chi connectivity index (χ4n) is 3.28. The molecule has 0 aliphatic rings. The number of nitrogens with zero attached hydrogens (tertiary/aromatic N) is 3. The summed E-state index contributed by atoms with van der Waals surface area (Å²) < 4.78 is 7.10. The summed E-state index contributed by atoms with van der Waals surface area (Å²) >= 11 is 0. The standard InChI is InChI=1S/C23H21N3O2/c1-4-28-23(27)19-14-20(17-8-6-5-7-9-17)24-22-21(19)16(3)25-26(22)18-12-10-15(2)11-13-18/h5-14H,4H2,1-3H3. The summed E-state index contributed by atoms with van der Waals surface area (Å²) in [5.41, 5.74) is 5.59. The van der Waals surface area contributed by atoms with Crippen molar-refractivity contribution in [2.24, 2.45) is 0 Å². The Morgan fingerprint density at radius 1 is 1.04 bits per heavy atom. The Balaban J connectivity index is 2.01. The van der Waals surface area contributed by atoms with Gasteiger partial charge in [-0.05, 0) is 39.0 Å². The van der Waals surface area contributed by atoms with E-state index in [1.54, 1.807) is 17.7 Å². The number of esters is 1. The van der Waals surface area contributed by atoms with E-state index in [0.717, 1.165) is 22.3 Å². The van der Waals surface area contributed by atoms with Crippen molar-refractivity contribution in [2.75, 3.05) is 6.61 Å². The van der Waals surface area contributed by atoms with Crippen molar-refractivity contribution in [3.05, 3.63) is 77.5 Å². The minimum atomic E-state index is -0.362. The zero-order valence-electron chi connectivity index (χ0n) is 16.1. The summed E-state index contributed by atoms with van der Waals surface area (Å²) in [6, 6.07) is 19.7. The number of benzene rings is 2. The molecule has 5 nitrogen and oxygen atoms in total. The molecule has 0 atom stereocenters. The number of fused-ring (bicyclic) bond motifs is 1. The minimum Gasteiger partial charge on any atom is -0.462 e. The minimum absolute atomic E-state index is 0.314. The highest BCUT2D eigenvalue weighted by molar-refractivity contribution is 6.05. The van der Waals surface area contributed by atoms with Gasteiger partial charge in [0.05, 0.1) is 34.6 Å². The zero-order valence-corrected chi connectivity index (χ0v) is 16.1. The Hall–Kier alpha value is -3.47. The van der Waals surface area contributed by atoms with Crippen molar-refractivity contribution in [3.8, 4) is 16.9 Å². The Labute approximate surface area is 163 Å². The molecular formula is C23H21N3O2. The molecule has 0 aliphatic heterocycles. The topological polar surface area (TPSA) is 57.0 Å². The van der Waals surface area contributed by atoms with Crippen molar-refractivity contribution < 1.29 is 9.53 Å². The molecule has 0 amide bonds. The van der Waals surface area contributed by atoms with E-state index in [0.29, 0.717) is 23.5 Å². The largest absolute Gasteiger partial charge is 0.462 e. The second-order valence-electron chi connectivity index (χ2n) is 6.67. The number of ether oxygens (including phenoxy) is 1. The molecule has 28 heavy (non-hydrogen) atoms. The maximum absolute atomic E-state index is 12.7. The van der Waals surface area contributed by atoms with Gasteiger partial charge in [0.25, 0.3) is 0 Å². The number of hydrogen-bond donors (Lipinski definition) is 0. The summed E-state index contributed by atoms with van der Waals surface area (Å²) in [5, 5.41) is 5.40. The lowest BCUT2D eigenvalue weighted by Gasteiger charge is -2.09. The molecular weight excluding hydrogens is 350 g/mol. The van der Waals surface area contributed by atoms with E-state index in [4.69, 9.17) is 9.72 Å². The molecule has 0 unspecified atom stereocenters. The molecule has 0 spiro atoms. The van der Waals surface area contributed by atoms with Gasteiger partial charge in [0.15, 0.2) is 5.65 Å². The molecule has 0 saturated heterocycles. The van der Waals surface area contributed by atoms with Crippen LogP contribution in [0.2, 0.25) is 0 Å². The Bertz CT molecular complexity index is 1150. The lowest BCUT2D eigenvalue weighted by Crippen LogP contribution is -2.07. The SMILES string of the molecule is CCOC(=O)c1cc(-c2ccccc2)nc2c1c(C)nn2-c1ccc(C)cc1. The molecule has 5 heteroatoms. The highest BCUT2D eigenvalue weighted by atomic mass is 16.5. The summed E-state index contributed by atoms with van der Waals surface area (Å²) in [5.74, 6) is -0.362. The fraction of sp³-hybridized carbons (Fsp3) is 0.174. The molecule has 4 rings (SSSR count). The lowest BCUT2D eigenvalue weighted by atomic mass is 10.1. The van der Waals surface area contributed by atoms with Gasteiger partial charge in [-0.1, -0.05) is 48.0 Å². The van der Waals surface area contributed by atoms with Crippen LogP contribution in [0.1, 0.15) is 28.5 Å². The van der Waals surface area contributed by atoms with Crippen LogP contribution in [0.3, 0.4) is 0 Å². The first-order valence-corrected chi connectivity index (χ1v) is 9.28. The highest BCUT2D eigenvalue weighted by Gasteiger charge is 2.21. The second-order valence-corrected chi connectivity index (χ2v) is 6.67. The van der Waals surface area contributed by atoms with Crippen molar-refractivity contribution in [1.29, 1.82) is 0 Å². The van der Waals surface area contributed by atoms with Gasteiger partial charge >= 0.3 is 5.97 Å². The third kappa shape index (κ3) is 3.16. The van der Waals surface area contributed by atoms with E-state index >= 15 is 0 Å². The van der Waals surface area contributed by atoms with Crippen LogP contribution in [0.25, 0.3) is 28.0 Å². The van der Waals surface area contributed by atoms with Gasteiger partial charge in [0.2, 0.25) is 0 Å². The van der Waals surface area contributed by atoms with E-state index in [1.165, 1.54) is 5.56 Å². The van der Waals surface area contributed by atoms with Gasteiger partial charge in [0, 0.05) is 5.56 Å². The maximum atomic E-state index is 12.7. The number of hydrogen-bond acceptors (Lipinski definition) is 4. The predicted octanol–water partition coefficient (Wildman–Crippen LogP) is 4.88. The van der Waals surface area contributed by atoms with Gasteiger partial charge in [-0.25, -0.2) is 14.5 Å². The molecule has 2 aromatic heterocycles. The van der Waals surface area contributed by atoms with Gasteiger partial charge in [-0.2, -0.15) is 5.10 Å². The molecule has 0 bridgehead atoms. The van der Waals surface area contributed by atoms with Crippen LogP contribution in [0, 0.1) is 13.8 Å². The van der Waals surface area contributed by atoms with Crippen molar-refractivity contribution in [2.45, 2.75) is 20.8 Å². The molecule has 0 fully saturated rings. The van der Waals surface area contributed by atoms with Gasteiger partial charge in [-0.3, -0.25) is 0 Å². The van der Waals surface area contributed by atoms with Crippen LogP contribution in [0.15, 0.2) is 60.7 Å². The molecule has 2 heterocycles. The number of aryl methyl sites for hydroxylation is 2. The molecule has 0 aliphatic carbocycles. The smallest absolute Gasteiger partial charge is 0.339 e. The van der Waals surface area contributed by atoms with Crippen LogP contribution in [-0.2, 0) is 4.74 Å². The summed E-state index contributed by atoms with van der Waals surface area (Å²) in [7, 11) is 0. The number of carbonyl (C=O) groups is 1. The van der Waals surface area contributed by atoms with Crippen molar-refractivity contribution in [1.82, 2.24) is 14.8 Å². The molecule has 4 aromatic rings. The first-order valence-electron chi connectivity index (χ1n) is 9.28. The monoisotopic (exact) mass is 371 g/mol. The van der Waals surface area contributed by atoms with Crippen molar-refractivity contribution in [3.63, 3.8) is 0 Å². The fourth-order valence-corrected chi connectivity index (χ4v) is 3.28. The quantitative estimate of drug-likeness (QED) is 0.480. The predicted molar refractivity (Wildman–Crippen MR) is 110 cm³/mol. The first kappa shape index (κ1) is 17.9. The van der Waals surface area contributed by atoms with Crippen molar-refractivity contribution >= 4 is 17.0 Å². The third-order valence-electron chi connectivity index (χ3n) is 4.66. The van der Waals surface area contributed by atoms with Crippen LogP contribution in [0.5, 0.6) is 0 Å².